The van der Waals surface area contributed by atoms with E-state index in [1.54, 1.807) is 5.56 Å². The molecule has 4 heteroatoms. The molecule has 10 aliphatic rings. The Labute approximate surface area is 332 Å². The molecule has 0 unspecified atom stereocenters. The predicted octanol–water partition coefficient (Wildman–Crippen LogP) is 11.5. The SMILES string of the molecule is CC(C)(C)c1ccc2sc3c(c2c1)N(c1ccccc1)c1cc([C@]24CC5C6CC7C[C@@H]5C(C2)[C@@H](C7)C6C4)cc2c1B3c1cc3c(cc1O2)C(C)(C)CC3(C)C. The summed E-state index contributed by atoms with van der Waals surface area (Å²) in [6, 6.07) is 29.1. The van der Waals surface area contributed by atoms with E-state index in [4.69, 9.17) is 4.74 Å². The van der Waals surface area contributed by atoms with Crippen LogP contribution < -0.4 is 25.3 Å². The minimum absolute atomic E-state index is 0.0645. The van der Waals surface area contributed by atoms with Gasteiger partial charge in [0.15, 0.2) is 0 Å². The van der Waals surface area contributed by atoms with Crippen molar-refractivity contribution in [3.8, 4) is 11.5 Å². The van der Waals surface area contributed by atoms with Crippen molar-refractivity contribution in [3.05, 3.63) is 95.1 Å². The van der Waals surface area contributed by atoms with Gasteiger partial charge in [0.2, 0.25) is 0 Å². The Kier molecular flexibility index (Phi) is 6.00. The summed E-state index contributed by atoms with van der Waals surface area (Å²) in [5, 5.41) is 1.40. The van der Waals surface area contributed by atoms with E-state index in [2.05, 4.69) is 126 Å². The summed E-state index contributed by atoms with van der Waals surface area (Å²) in [6.07, 6.45) is 9.96. The molecule has 2 aliphatic heterocycles. The van der Waals surface area contributed by atoms with Crippen molar-refractivity contribution >= 4 is 60.9 Å². The highest BCUT2D eigenvalue weighted by molar-refractivity contribution is 7.33. The number of thiophene rings is 1. The van der Waals surface area contributed by atoms with Gasteiger partial charge in [0, 0.05) is 26.2 Å². The molecule has 5 aromatic rings. The minimum atomic E-state index is 0.0645. The van der Waals surface area contributed by atoms with Gasteiger partial charge in [-0.2, -0.15) is 0 Å². The highest BCUT2D eigenvalue weighted by Crippen LogP contribution is 2.74. The first-order chi connectivity index (χ1) is 26.3. The Balaban J connectivity index is 1.09. The predicted molar refractivity (Wildman–Crippen MR) is 231 cm³/mol. The molecule has 0 atom stereocenters. The normalized spacial score (nSPS) is 33.1. The summed E-state index contributed by atoms with van der Waals surface area (Å²) in [4.78, 5) is 2.68. The fraction of sp³-hybridized carbons (Fsp3) is 0.490. The largest absolute Gasteiger partial charge is 0.458 e. The number of fused-ring (bicyclic) bond motifs is 7. The topological polar surface area (TPSA) is 12.5 Å². The number of hydrogen-bond donors (Lipinski definition) is 0. The maximum absolute atomic E-state index is 7.43. The fourth-order valence-corrected chi connectivity index (χ4v) is 16.9. The average molecular weight is 740 g/mol. The molecule has 0 amide bonds. The van der Waals surface area contributed by atoms with Crippen molar-refractivity contribution in [2.45, 2.75) is 115 Å². The number of benzene rings is 4. The number of rotatable bonds is 2. The lowest BCUT2D eigenvalue weighted by atomic mass is 9.32. The third-order valence-electron chi connectivity index (χ3n) is 17.3. The Morgan fingerprint density at radius 2 is 1.38 bits per heavy atom. The molecule has 4 aromatic carbocycles. The standard InChI is InChI=1S/C51H54BNOS/c1-48(2,3)28-13-14-44-34(18-28)46-47(55-44)52-40-21-38-39(50(6,7)26-49(38,4)5)22-42(40)54-43-20-29(19-41(45(43)52)53(46)30-11-9-8-10-12-30)51-23-35-31-15-27-16-32(35)37(25-51)33(17-27)36(31)24-51/h8-14,18-22,27,31-33,35-37H,15-17,23-26H2,1-7H3/t27?,31-,32-,33?,35?,36?,37?,51-/m1/s1. The van der Waals surface area contributed by atoms with Gasteiger partial charge < -0.3 is 9.64 Å². The molecule has 7 saturated carbocycles. The summed E-state index contributed by atoms with van der Waals surface area (Å²) in [5.74, 6) is 9.08. The van der Waals surface area contributed by atoms with Crippen LogP contribution in [0.1, 0.15) is 116 Å². The summed E-state index contributed by atoms with van der Waals surface area (Å²) in [5.41, 5.74) is 13.3. The number of hydrogen-bond acceptors (Lipinski definition) is 3. The molecule has 1 aromatic heterocycles. The molecule has 2 nitrogen and oxygen atoms in total. The van der Waals surface area contributed by atoms with Crippen molar-refractivity contribution in [3.63, 3.8) is 0 Å². The molecule has 0 N–H and O–H groups in total. The first kappa shape index (κ1) is 32.6. The number of para-hydroxylation sites is 1. The molecule has 8 bridgehead atoms. The van der Waals surface area contributed by atoms with Crippen LogP contribution in [0.2, 0.25) is 0 Å². The van der Waals surface area contributed by atoms with Gasteiger partial charge in [0.05, 0.1) is 5.69 Å². The number of anilines is 3. The molecule has 55 heavy (non-hydrogen) atoms. The summed E-state index contributed by atoms with van der Waals surface area (Å²) < 4.78 is 10.3. The highest BCUT2D eigenvalue weighted by atomic mass is 32.1. The molecule has 8 aliphatic carbocycles. The van der Waals surface area contributed by atoms with E-state index in [1.807, 2.05) is 11.3 Å². The molecule has 7 fully saturated rings. The lowest BCUT2D eigenvalue weighted by Gasteiger charge is -2.72. The smallest absolute Gasteiger partial charge is 0.268 e. The zero-order chi connectivity index (χ0) is 37.1. The maximum atomic E-state index is 7.43. The van der Waals surface area contributed by atoms with Gasteiger partial charge in [-0.25, -0.2) is 0 Å². The zero-order valence-electron chi connectivity index (χ0n) is 33.8. The van der Waals surface area contributed by atoms with Crippen LogP contribution in [0.3, 0.4) is 0 Å². The zero-order valence-corrected chi connectivity index (χ0v) is 34.6. The maximum Gasteiger partial charge on any atom is 0.268 e. The summed E-state index contributed by atoms with van der Waals surface area (Å²) in [6.45, 7) is 17.0. The summed E-state index contributed by atoms with van der Waals surface area (Å²) >= 11 is 2.02. The molecular weight excluding hydrogens is 685 g/mol. The Hall–Kier alpha value is -3.50. The minimum Gasteiger partial charge on any atom is -0.458 e. The van der Waals surface area contributed by atoms with Gasteiger partial charge in [-0.15, -0.1) is 11.3 Å². The highest BCUT2D eigenvalue weighted by Gasteiger charge is 2.67. The Morgan fingerprint density at radius 3 is 2.04 bits per heavy atom. The average Bonchev–Trinajstić information content (AvgIpc) is 3.62. The van der Waals surface area contributed by atoms with Crippen molar-refractivity contribution in [1.82, 2.24) is 0 Å². The van der Waals surface area contributed by atoms with Gasteiger partial charge in [0.25, 0.3) is 6.71 Å². The molecule has 15 rings (SSSR count). The molecule has 0 saturated heterocycles. The van der Waals surface area contributed by atoms with E-state index in [1.165, 1.54) is 98.1 Å². The third-order valence-corrected chi connectivity index (χ3v) is 18.6. The monoisotopic (exact) mass is 739 g/mol. The fourth-order valence-electron chi connectivity index (χ4n) is 15.6. The summed E-state index contributed by atoms with van der Waals surface area (Å²) in [7, 11) is 0. The van der Waals surface area contributed by atoms with E-state index >= 15 is 0 Å². The van der Waals surface area contributed by atoms with Crippen LogP contribution in [0.4, 0.5) is 17.1 Å². The van der Waals surface area contributed by atoms with E-state index in [-0.39, 0.29) is 28.4 Å². The lowest BCUT2D eigenvalue weighted by molar-refractivity contribution is -0.212. The van der Waals surface area contributed by atoms with Crippen LogP contribution in [0.15, 0.2) is 72.8 Å². The van der Waals surface area contributed by atoms with Crippen LogP contribution >= 0.6 is 11.3 Å². The Morgan fingerprint density at radius 1 is 0.727 bits per heavy atom. The van der Waals surface area contributed by atoms with E-state index < -0.39 is 0 Å². The van der Waals surface area contributed by atoms with Gasteiger partial charge in [-0.3, -0.25) is 0 Å². The van der Waals surface area contributed by atoms with E-state index in [0.29, 0.717) is 0 Å². The van der Waals surface area contributed by atoms with E-state index in [9.17, 15) is 0 Å². The van der Waals surface area contributed by atoms with Gasteiger partial charge in [0.1, 0.15) is 11.5 Å². The lowest BCUT2D eigenvalue weighted by Crippen LogP contribution is -2.66. The quantitative estimate of drug-likeness (QED) is 0.164. The van der Waals surface area contributed by atoms with Crippen molar-refractivity contribution < 1.29 is 4.74 Å². The molecular formula is C51H54BNOS. The van der Waals surface area contributed by atoms with E-state index in [0.717, 1.165) is 59.3 Å². The van der Waals surface area contributed by atoms with Crippen LogP contribution in [0.5, 0.6) is 11.5 Å². The van der Waals surface area contributed by atoms with Crippen molar-refractivity contribution in [2.75, 3.05) is 4.90 Å². The molecule has 278 valence electrons. The molecule has 3 heterocycles. The van der Waals surface area contributed by atoms with Crippen molar-refractivity contribution in [1.29, 1.82) is 0 Å². The molecule has 0 radical (unpaired) electrons. The van der Waals surface area contributed by atoms with Crippen molar-refractivity contribution in [2.24, 2.45) is 41.4 Å². The van der Waals surface area contributed by atoms with Gasteiger partial charge in [-0.1, -0.05) is 78.8 Å². The molecule has 0 spiro atoms. The van der Waals surface area contributed by atoms with Crippen LogP contribution in [0, 0.1) is 41.4 Å². The van der Waals surface area contributed by atoms with Gasteiger partial charge >= 0.3 is 0 Å². The second-order valence-corrected chi connectivity index (χ2v) is 23.3. The first-order valence-corrected chi connectivity index (χ1v) is 22.6. The Bertz CT molecular complexity index is 2460. The second kappa shape index (κ2) is 10.1. The van der Waals surface area contributed by atoms with Crippen LogP contribution in [-0.4, -0.2) is 6.71 Å². The van der Waals surface area contributed by atoms with Gasteiger partial charge in [-0.05, 0) is 184 Å². The number of nitrogens with zero attached hydrogens (tertiary/aromatic N) is 1. The first-order valence-electron chi connectivity index (χ1n) is 21.8. The third kappa shape index (κ3) is 4.09. The number of ether oxygens (including phenoxy) is 1. The van der Waals surface area contributed by atoms with Crippen LogP contribution in [0.25, 0.3) is 10.1 Å². The van der Waals surface area contributed by atoms with Crippen LogP contribution in [-0.2, 0) is 21.7 Å². The second-order valence-electron chi connectivity index (χ2n) is 22.2.